The average Bonchev–Trinajstić information content (AvgIpc) is 2.75. The minimum Gasteiger partial charge on any atom is -0.345 e. The summed E-state index contributed by atoms with van der Waals surface area (Å²) in [6, 6.07) is 11.2. The van der Waals surface area contributed by atoms with Crippen LogP contribution >= 0.6 is 0 Å². The number of nitrogens with one attached hydrogen (secondary N) is 1. The summed E-state index contributed by atoms with van der Waals surface area (Å²) in [5.41, 5.74) is 3.57. The fraction of sp³-hybridized carbons (Fsp3) is 0.273. The van der Waals surface area contributed by atoms with Crippen molar-refractivity contribution in [3.05, 3.63) is 82.3 Å². The van der Waals surface area contributed by atoms with Gasteiger partial charge in [-0.3, -0.25) is 9.59 Å². The van der Waals surface area contributed by atoms with Gasteiger partial charge in [0.05, 0.1) is 11.6 Å². The zero-order chi connectivity index (χ0) is 19.5. The van der Waals surface area contributed by atoms with Crippen LogP contribution < -0.4 is 10.9 Å². The Labute approximate surface area is 163 Å². The third-order valence-electron chi connectivity index (χ3n) is 5.21. The van der Waals surface area contributed by atoms with Crippen LogP contribution in [0, 0.1) is 0 Å². The van der Waals surface area contributed by atoms with Gasteiger partial charge in [-0.05, 0) is 31.7 Å². The molecule has 1 aromatic carbocycles. The van der Waals surface area contributed by atoms with Crippen LogP contribution in [0.2, 0.25) is 0 Å². The van der Waals surface area contributed by atoms with Gasteiger partial charge in [0.25, 0.3) is 11.5 Å². The van der Waals surface area contributed by atoms with Gasteiger partial charge >= 0.3 is 0 Å². The van der Waals surface area contributed by atoms with Crippen LogP contribution in [0.25, 0.3) is 11.1 Å². The molecule has 1 N–H and O–H groups in total. The number of hydrogen-bond donors (Lipinski definition) is 1. The van der Waals surface area contributed by atoms with E-state index in [1.165, 1.54) is 12.4 Å². The number of carbonyl (C=O) groups excluding carboxylic acids is 1. The van der Waals surface area contributed by atoms with E-state index in [0.29, 0.717) is 29.7 Å². The summed E-state index contributed by atoms with van der Waals surface area (Å²) in [6.45, 7) is 2.61. The Bertz CT molecular complexity index is 1050. The van der Waals surface area contributed by atoms with Crippen molar-refractivity contribution >= 4 is 5.91 Å². The van der Waals surface area contributed by atoms with Gasteiger partial charge in [0.1, 0.15) is 6.33 Å². The van der Waals surface area contributed by atoms with Gasteiger partial charge in [-0.2, -0.15) is 0 Å². The predicted molar refractivity (Wildman–Crippen MR) is 107 cm³/mol. The maximum atomic E-state index is 13.3. The summed E-state index contributed by atoms with van der Waals surface area (Å²) in [5, 5.41) is 3.10. The van der Waals surface area contributed by atoms with E-state index in [9.17, 15) is 9.59 Å². The van der Waals surface area contributed by atoms with Gasteiger partial charge in [-0.1, -0.05) is 30.3 Å². The molecule has 0 saturated heterocycles. The van der Waals surface area contributed by atoms with E-state index in [1.54, 1.807) is 17.0 Å². The Morgan fingerprint density at radius 2 is 1.89 bits per heavy atom. The van der Waals surface area contributed by atoms with Gasteiger partial charge in [0, 0.05) is 41.8 Å². The molecular weight excluding hydrogens is 352 g/mol. The molecule has 1 atom stereocenters. The zero-order valence-corrected chi connectivity index (χ0v) is 15.8. The van der Waals surface area contributed by atoms with Crippen LogP contribution in [0.3, 0.4) is 0 Å². The Balaban J connectivity index is 1.80. The first-order valence-electron chi connectivity index (χ1n) is 9.53. The average molecular weight is 374 g/mol. The second-order valence-electron chi connectivity index (χ2n) is 7.06. The number of benzene rings is 1. The normalized spacial score (nSPS) is 14.2. The molecule has 6 nitrogen and oxygen atoms in total. The standard InChI is InChI=1S/C22H22N4O2/c1-15(16-7-3-2-4-8-16)25-22(28)21-18(17-12-23-14-24-13-17)11-20(27)26-10-6-5-9-19(21)26/h2-4,7-8,11-15H,5-6,9-10H2,1H3,(H,25,28). The van der Waals surface area contributed by atoms with Crippen molar-refractivity contribution in [1.29, 1.82) is 0 Å². The highest BCUT2D eigenvalue weighted by Crippen LogP contribution is 2.28. The summed E-state index contributed by atoms with van der Waals surface area (Å²) >= 11 is 0. The lowest BCUT2D eigenvalue weighted by Crippen LogP contribution is -2.34. The lowest BCUT2D eigenvalue weighted by molar-refractivity contribution is 0.0938. The predicted octanol–water partition coefficient (Wildman–Crippen LogP) is 3.13. The number of pyridine rings is 1. The van der Waals surface area contributed by atoms with Crippen molar-refractivity contribution in [2.24, 2.45) is 0 Å². The van der Waals surface area contributed by atoms with Crippen LogP contribution in [-0.2, 0) is 13.0 Å². The monoisotopic (exact) mass is 374 g/mol. The number of fused-ring (bicyclic) bond motifs is 1. The van der Waals surface area contributed by atoms with Gasteiger partial charge in [-0.25, -0.2) is 9.97 Å². The molecule has 0 aliphatic carbocycles. The highest BCUT2D eigenvalue weighted by molar-refractivity contribution is 6.02. The van der Waals surface area contributed by atoms with Crippen molar-refractivity contribution in [3.8, 4) is 11.1 Å². The Kier molecular flexibility index (Phi) is 5.02. The summed E-state index contributed by atoms with van der Waals surface area (Å²) in [7, 11) is 0. The van der Waals surface area contributed by atoms with Gasteiger partial charge < -0.3 is 9.88 Å². The lowest BCUT2D eigenvalue weighted by Gasteiger charge is -2.24. The first-order valence-corrected chi connectivity index (χ1v) is 9.53. The molecule has 0 spiro atoms. The second kappa shape index (κ2) is 7.76. The molecule has 0 fully saturated rings. The zero-order valence-electron chi connectivity index (χ0n) is 15.8. The van der Waals surface area contributed by atoms with Crippen molar-refractivity contribution in [2.45, 2.75) is 38.8 Å². The molecule has 1 aliphatic rings. The van der Waals surface area contributed by atoms with Crippen molar-refractivity contribution in [1.82, 2.24) is 19.9 Å². The number of nitrogens with zero attached hydrogens (tertiary/aromatic N) is 3. The molecular formula is C22H22N4O2. The van der Waals surface area contributed by atoms with Crippen molar-refractivity contribution in [3.63, 3.8) is 0 Å². The molecule has 0 bridgehead atoms. The van der Waals surface area contributed by atoms with Gasteiger partial charge in [0.2, 0.25) is 0 Å². The molecule has 1 amide bonds. The van der Waals surface area contributed by atoms with Gasteiger partial charge in [-0.15, -0.1) is 0 Å². The maximum Gasteiger partial charge on any atom is 0.254 e. The number of aromatic nitrogens is 3. The molecule has 3 heterocycles. The fourth-order valence-corrected chi connectivity index (χ4v) is 3.78. The Morgan fingerprint density at radius 1 is 1.14 bits per heavy atom. The van der Waals surface area contributed by atoms with Crippen LogP contribution in [0.15, 0.2) is 59.9 Å². The first-order chi connectivity index (χ1) is 13.6. The first kappa shape index (κ1) is 18.1. The van der Waals surface area contributed by atoms with E-state index in [0.717, 1.165) is 24.1 Å². The molecule has 2 aromatic heterocycles. The molecule has 6 heteroatoms. The molecule has 1 unspecified atom stereocenters. The summed E-state index contributed by atoms with van der Waals surface area (Å²) < 4.78 is 1.74. The van der Waals surface area contributed by atoms with E-state index < -0.39 is 0 Å². The van der Waals surface area contributed by atoms with E-state index in [4.69, 9.17) is 0 Å². The minimum atomic E-state index is -0.180. The summed E-state index contributed by atoms with van der Waals surface area (Å²) in [4.78, 5) is 34.1. The number of carbonyl (C=O) groups is 1. The summed E-state index contributed by atoms with van der Waals surface area (Å²) in [5.74, 6) is -0.180. The quantitative estimate of drug-likeness (QED) is 0.761. The van der Waals surface area contributed by atoms with Crippen molar-refractivity contribution < 1.29 is 4.79 Å². The van der Waals surface area contributed by atoms with Crippen LogP contribution in [-0.4, -0.2) is 20.4 Å². The molecule has 28 heavy (non-hydrogen) atoms. The van der Waals surface area contributed by atoms with Crippen molar-refractivity contribution in [2.75, 3.05) is 0 Å². The second-order valence-corrected chi connectivity index (χ2v) is 7.06. The van der Waals surface area contributed by atoms with E-state index in [1.807, 2.05) is 37.3 Å². The van der Waals surface area contributed by atoms with Crippen LogP contribution in [0.4, 0.5) is 0 Å². The minimum absolute atomic E-state index is 0.0822. The number of hydrogen-bond acceptors (Lipinski definition) is 4. The Morgan fingerprint density at radius 3 is 2.64 bits per heavy atom. The molecule has 1 aliphatic heterocycles. The smallest absolute Gasteiger partial charge is 0.254 e. The topological polar surface area (TPSA) is 76.9 Å². The number of rotatable bonds is 4. The molecule has 142 valence electrons. The largest absolute Gasteiger partial charge is 0.345 e. The van der Waals surface area contributed by atoms with E-state index in [2.05, 4.69) is 15.3 Å². The highest BCUT2D eigenvalue weighted by Gasteiger charge is 2.25. The van der Waals surface area contributed by atoms with E-state index in [-0.39, 0.29) is 17.5 Å². The highest BCUT2D eigenvalue weighted by atomic mass is 16.2. The maximum absolute atomic E-state index is 13.3. The van der Waals surface area contributed by atoms with E-state index >= 15 is 0 Å². The molecule has 0 saturated carbocycles. The van der Waals surface area contributed by atoms with Crippen LogP contribution in [0.5, 0.6) is 0 Å². The van der Waals surface area contributed by atoms with Crippen LogP contribution in [0.1, 0.15) is 47.4 Å². The SMILES string of the molecule is CC(NC(=O)c1c(-c2cncnc2)cc(=O)n2c1CCCC2)c1ccccc1. The Hall–Kier alpha value is -3.28. The lowest BCUT2D eigenvalue weighted by atomic mass is 9.95. The van der Waals surface area contributed by atoms with Gasteiger partial charge in [0.15, 0.2) is 0 Å². The third kappa shape index (κ3) is 3.45. The summed E-state index contributed by atoms with van der Waals surface area (Å²) in [6.07, 6.45) is 7.33. The third-order valence-corrected chi connectivity index (χ3v) is 5.21. The number of amides is 1. The molecule has 4 rings (SSSR count). The molecule has 0 radical (unpaired) electrons. The molecule has 3 aromatic rings. The fourth-order valence-electron chi connectivity index (χ4n) is 3.78.